The van der Waals surface area contributed by atoms with Crippen molar-refractivity contribution in [3.63, 3.8) is 0 Å². The molecule has 0 amide bonds. The van der Waals surface area contributed by atoms with E-state index in [1.54, 1.807) is 6.26 Å². The lowest BCUT2D eigenvalue weighted by molar-refractivity contribution is 0.519. The molecule has 0 radical (unpaired) electrons. The van der Waals surface area contributed by atoms with Gasteiger partial charge in [-0.25, -0.2) is 9.97 Å². The number of fused-ring (bicyclic) bond motifs is 1. The van der Waals surface area contributed by atoms with Crippen molar-refractivity contribution in [2.75, 3.05) is 5.73 Å². The summed E-state index contributed by atoms with van der Waals surface area (Å²) < 4.78 is 5.30. The molecule has 17 heavy (non-hydrogen) atoms. The number of anilines is 1. The Morgan fingerprint density at radius 2 is 2.24 bits per heavy atom. The van der Waals surface area contributed by atoms with E-state index in [1.807, 2.05) is 19.1 Å². The highest BCUT2D eigenvalue weighted by atomic mass is 16.3. The molecule has 0 aliphatic rings. The molecular formula is C11H11N5O. The molecule has 0 bridgehead atoms. The third kappa shape index (κ3) is 1.73. The molecule has 0 unspecified atom stereocenters. The van der Waals surface area contributed by atoms with Crippen LogP contribution in [0, 0.1) is 6.92 Å². The number of nitrogens with zero attached hydrogens (tertiary/aromatic N) is 3. The van der Waals surface area contributed by atoms with Crippen molar-refractivity contribution in [2.24, 2.45) is 0 Å². The molecule has 3 N–H and O–H groups in total. The molecule has 0 saturated carbocycles. The molecule has 0 fully saturated rings. The van der Waals surface area contributed by atoms with Crippen LogP contribution in [0.4, 0.5) is 5.95 Å². The molecule has 3 heterocycles. The molecule has 0 aromatic carbocycles. The minimum absolute atomic E-state index is 0.227. The van der Waals surface area contributed by atoms with Gasteiger partial charge >= 0.3 is 0 Å². The van der Waals surface area contributed by atoms with Crippen molar-refractivity contribution in [3.8, 4) is 0 Å². The van der Waals surface area contributed by atoms with Crippen LogP contribution in [0.2, 0.25) is 0 Å². The molecule has 0 aliphatic carbocycles. The Labute approximate surface area is 96.9 Å². The Bertz CT molecular complexity index is 656. The van der Waals surface area contributed by atoms with Gasteiger partial charge in [-0.05, 0) is 19.1 Å². The predicted octanol–water partition coefficient (Wildman–Crippen LogP) is 1.43. The first-order chi connectivity index (χ1) is 8.22. The Kier molecular flexibility index (Phi) is 2.07. The van der Waals surface area contributed by atoms with Crippen LogP contribution in [0.25, 0.3) is 11.2 Å². The number of aryl methyl sites for hydroxylation is 1. The smallest absolute Gasteiger partial charge is 0.222 e. The van der Waals surface area contributed by atoms with Gasteiger partial charge in [-0.15, -0.1) is 0 Å². The quantitative estimate of drug-likeness (QED) is 0.693. The zero-order valence-corrected chi connectivity index (χ0v) is 9.27. The maximum absolute atomic E-state index is 5.66. The Morgan fingerprint density at radius 3 is 3.00 bits per heavy atom. The number of aromatic amines is 1. The van der Waals surface area contributed by atoms with Crippen LogP contribution in [0.5, 0.6) is 0 Å². The van der Waals surface area contributed by atoms with Gasteiger partial charge in [0.15, 0.2) is 5.65 Å². The third-order valence-electron chi connectivity index (χ3n) is 2.48. The molecule has 0 spiro atoms. The molecule has 0 atom stereocenters. The first-order valence-electron chi connectivity index (χ1n) is 5.23. The van der Waals surface area contributed by atoms with Crippen LogP contribution in [-0.2, 0) is 6.42 Å². The van der Waals surface area contributed by atoms with E-state index in [2.05, 4.69) is 19.9 Å². The average Bonchev–Trinajstić information content (AvgIpc) is 2.86. The van der Waals surface area contributed by atoms with Gasteiger partial charge in [0, 0.05) is 0 Å². The molecule has 3 aromatic heterocycles. The normalized spacial score (nSPS) is 11.1. The Hall–Kier alpha value is -2.37. The van der Waals surface area contributed by atoms with E-state index in [1.165, 1.54) is 0 Å². The average molecular weight is 229 g/mol. The van der Waals surface area contributed by atoms with Crippen molar-refractivity contribution in [2.45, 2.75) is 13.3 Å². The summed E-state index contributed by atoms with van der Waals surface area (Å²) in [5, 5.41) is 0. The van der Waals surface area contributed by atoms with E-state index in [9.17, 15) is 0 Å². The molecular weight excluding hydrogens is 218 g/mol. The van der Waals surface area contributed by atoms with Gasteiger partial charge in [0.25, 0.3) is 0 Å². The van der Waals surface area contributed by atoms with E-state index < -0.39 is 0 Å². The second kappa shape index (κ2) is 3.58. The zero-order chi connectivity index (χ0) is 11.8. The number of nitrogen functional groups attached to an aromatic ring is 1. The molecule has 6 heteroatoms. The van der Waals surface area contributed by atoms with Gasteiger partial charge in [-0.3, -0.25) is 0 Å². The molecule has 3 aromatic rings. The van der Waals surface area contributed by atoms with Gasteiger partial charge in [0.1, 0.15) is 17.1 Å². The van der Waals surface area contributed by atoms with Crippen molar-refractivity contribution in [3.05, 3.63) is 35.7 Å². The third-order valence-corrected chi connectivity index (χ3v) is 2.48. The standard InChI is InChI=1S/C11H11N5O/c1-6-13-9-8(5-7-3-2-4-17-7)15-11(12)16-10(9)14-6/h2-4H,5H2,1H3,(H3,12,13,14,15,16). The Balaban J connectivity index is 2.14. The number of hydrogen-bond donors (Lipinski definition) is 2. The van der Waals surface area contributed by atoms with Crippen LogP contribution in [0.1, 0.15) is 17.3 Å². The summed E-state index contributed by atoms with van der Waals surface area (Å²) in [5.41, 5.74) is 7.86. The molecule has 3 rings (SSSR count). The predicted molar refractivity (Wildman–Crippen MR) is 62.3 cm³/mol. The van der Waals surface area contributed by atoms with Crippen LogP contribution in [0.15, 0.2) is 22.8 Å². The highest BCUT2D eigenvalue weighted by Gasteiger charge is 2.11. The summed E-state index contributed by atoms with van der Waals surface area (Å²) in [6, 6.07) is 3.74. The van der Waals surface area contributed by atoms with E-state index in [0.717, 1.165) is 22.8 Å². The number of nitrogens with two attached hydrogens (primary N) is 1. The highest BCUT2D eigenvalue weighted by molar-refractivity contribution is 5.74. The minimum atomic E-state index is 0.227. The monoisotopic (exact) mass is 229 g/mol. The van der Waals surface area contributed by atoms with Gasteiger partial charge in [-0.2, -0.15) is 4.98 Å². The number of aromatic nitrogens is 4. The van der Waals surface area contributed by atoms with Crippen LogP contribution >= 0.6 is 0 Å². The van der Waals surface area contributed by atoms with Crippen molar-refractivity contribution in [1.29, 1.82) is 0 Å². The second-order valence-electron chi connectivity index (χ2n) is 3.81. The van der Waals surface area contributed by atoms with Crippen molar-refractivity contribution in [1.82, 2.24) is 19.9 Å². The summed E-state index contributed by atoms with van der Waals surface area (Å²) in [6.45, 7) is 1.87. The summed E-state index contributed by atoms with van der Waals surface area (Å²) >= 11 is 0. The van der Waals surface area contributed by atoms with Gasteiger partial charge in [0.05, 0.1) is 18.4 Å². The number of imidazole rings is 1. The molecule has 6 nitrogen and oxygen atoms in total. The number of furan rings is 1. The van der Waals surface area contributed by atoms with E-state index in [-0.39, 0.29) is 5.95 Å². The van der Waals surface area contributed by atoms with Crippen molar-refractivity contribution < 1.29 is 4.42 Å². The maximum Gasteiger partial charge on any atom is 0.222 e. The lowest BCUT2D eigenvalue weighted by atomic mass is 10.2. The number of H-pyrrole nitrogens is 1. The van der Waals surface area contributed by atoms with E-state index in [4.69, 9.17) is 10.2 Å². The topological polar surface area (TPSA) is 93.6 Å². The molecule has 0 aliphatic heterocycles. The van der Waals surface area contributed by atoms with Gasteiger partial charge in [-0.1, -0.05) is 0 Å². The zero-order valence-electron chi connectivity index (χ0n) is 9.27. The Morgan fingerprint density at radius 1 is 1.35 bits per heavy atom. The first-order valence-corrected chi connectivity index (χ1v) is 5.23. The molecule has 86 valence electrons. The SMILES string of the molecule is Cc1nc2nc(N)nc(Cc3ccco3)c2[nH]1. The summed E-state index contributed by atoms with van der Waals surface area (Å²) in [4.78, 5) is 15.7. The van der Waals surface area contributed by atoms with Gasteiger partial charge < -0.3 is 15.1 Å². The van der Waals surface area contributed by atoms with Crippen LogP contribution in [0.3, 0.4) is 0 Å². The molecule has 0 saturated heterocycles. The number of hydrogen-bond acceptors (Lipinski definition) is 5. The fourth-order valence-corrected chi connectivity index (χ4v) is 1.80. The summed E-state index contributed by atoms with van der Waals surface area (Å²) in [7, 11) is 0. The van der Waals surface area contributed by atoms with Gasteiger partial charge in [0.2, 0.25) is 5.95 Å². The number of nitrogens with one attached hydrogen (secondary N) is 1. The fourth-order valence-electron chi connectivity index (χ4n) is 1.80. The maximum atomic E-state index is 5.66. The largest absolute Gasteiger partial charge is 0.469 e. The fraction of sp³-hybridized carbons (Fsp3) is 0.182. The summed E-state index contributed by atoms with van der Waals surface area (Å²) in [5.74, 6) is 1.85. The van der Waals surface area contributed by atoms with Crippen LogP contribution in [-0.4, -0.2) is 19.9 Å². The van der Waals surface area contributed by atoms with Crippen molar-refractivity contribution >= 4 is 17.1 Å². The highest BCUT2D eigenvalue weighted by Crippen LogP contribution is 2.17. The van der Waals surface area contributed by atoms with E-state index >= 15 is 0 Å². The lowest BCUT2D eigenvalue weighted by Crippen LogP contribution is -2.01. The second-order valence-corrected chi connectivity index (χ2v) is 3.81. The number of rotatable bonds is 2. The van der Waals surface area contributed by atoms with Crippen LogP contribution < -0.4 is 5.73 Å². The minimum Gasteiger partial charge on any atom is -0.469 e. The van der Waals surface area contributed by atoms with E-state index in [0.29, 0.717) is 12.1 Å². The lowest BCUT2D eigenvalue weighted by Gasteiger charge is -2.00. The first kappa shape index (κ1) is 9.83. The summed E-state index contributed by atoms with van der Waals surface area (Å²) in [6.07, 6.45) is 2.20.